The van der Waals surface area contributed by atoms with Crippen molar-refractivity contribution < 1.29 is 0 Å². The van der Waals surface area contributed by atoms with Crippen LogP contribution in [0.2, 0.25) is 0 Å². The molecule has 0 saturated carbocycles. The molecule has 0 fully saturated rings. The summed E-state index contributed by atoms with van der Waals surface area (Å²) in [5.74, 6) is 1.25. The van der Waals surface area contributed by atoms with Gasteiger partial charge in [-0.05, 0) is 31.8 Å². The summed E-state index contributed by atoms with van der Waals surface area (Å²) in [6, 6.07) is 0.391. The van der Waals surface area contributed by atoms with Gasteiger partial charge in [0.05, 0.1) is 0 Å². The van der Waals surface area contributed by atoms with E-state index in [1.165, 1.54) is 18.6 Å². The second-order valence-corrected chi connectivity index (χ2v) is 3.10. The van der Waals surface area contributed by atoms with Crippen LogP contribution in [0.25, 0.3) is 0 Å². The molecule has 0 amide bonds. The van der Waals surface area contributed by atoms with E-state index in [1.807, 2.05) is 11.8 Å². The Balaban J connectivity index is 2.72. The Morgan fingerprint density at radius 2 is 2.25 bits per heavy atom. The minimum atomic E-state index is 0.391. The van der Waals surface area contributed by atoms with Crippen molar-refractivity contribution in [3.05, 3.63) is 0 Å². The average molecular weight is 133 g/mol. The Morgan fingerprint density at radius 1 is 1.62 bits per heavy atom. The van der Waals surface area contributed by atoms with E-state index in [9.17, 15) is 0 Å². The number of nitrogens with two attached hydrogens (primary N) is 1. The van der Waals surface area contributed by atoms with Crippen LogP contribution < -0.4 is 5.73 Å². The summed E-state index contributed by atoms with van der Waals surface area (Å²) in [5, 5.41) is 0. The van der Waals surface area contributed by atoms with Crippen LogP contribution >= 0.6 is 11.8 Å². The minimum absolute atomic E-state index is 0.391. The molecule has 0 aliphatic rings. The molecule has 0 aromatic heterocycles. The van der Waals surface area contributed by atoms with Crippen molar-refractivity contribution in [2.24, 2.45) is 5.73 Å². The van der Waals surface area contributed by atoms with Gasteiger partial charge in [0.25, 0.3) is 0 Å². The van der Waals surface area contributed by atoms with Crippen molar-refractivity contribution in [3.8, 4) is 0 Å². The average Bonchev–Trinajstić information content (AvgIpc) is 1.66. The van der Waals surface area contributed by atoms with E-state index in [-0.39, 0.29) is 0 Å². The molecule has 0 aliphatic carbocycles. The number of hydrogen-bond donors (Lipinski definition) is 1. The van der Waals surface area contributed by atoms with Crippen LogP contribution in [0.1, 0.15) is 19.8 Å². The predicted octanol–water partition coefficient (Wildman–Crippen LogP) is 1.48. The van der Waals surface area contributed by atoms with Gasteiger partial charge in [-0.15, -0.1) is 0 Å². The third-order valence-corrected chi connectivity index (χ3v) is 1.70. The number of hydrogen-bond acceptors (Lipinski definition) is 2. The Hall–Kier alpha value is 0.310. The zero-order chi connectivity index (χ0) is 6.41. The predicted molar refractivity (Wildman–Crippen MR) is 41.3 cm³/mol. The molecule has 2 heteroatoms. The van der Waals surface area contributed by atoms with Crippen molar-refractivity contribution in [1.82, 2.24) is 0 Å². The molecule has 0 saturated heterocycles. The molecule has 1 atom stereocenters. The summed E-state index contributed by atoms with van der Waals surface area (Å²) >= 11 is 1.89. The molecule has 0 spiro atoms. The topological polar surface area (TPSA) is 26.0 Å². The first-order chi connectivity index (χ1) is 3.77. The fourth-order valence-electron chi connectivity index (χ4n) is 0.550. The van der Waals surface area contributed by atoms with Crippen molar-refractivity contribution in [2.75, 3.05) is 12.0 Å². The molecule has 0 aromatic carbocycles. The monoisotopic (exact) mass is 133 g/mol. The van der Waals surface area contributed by atoms with Gasteiger partial charge in [0, 0.05) is 6.04 Å². The molecule has 0 rings (SSSR count). The molecule has 0 aliphatic heterocycles. The molecule has 0 heterocycles. The zero-order valence-electron chi connectivity index (χ0n) is 5.68. The van der Waals surface area contributed by atoms with Crippen molar-refractivity contribution in [3.63, 3.8) is 0 Å². The largest absolute Gasteiger partial charge is 0.328 e. The third kappa shape index (κ3) is 6.31. The Bertz CT molecular complexity index is 45.8. The highest BCUT2D eigenvalue weighted by Crippen LogP contribution is 2.00. The van der Waals surface area contributed by atoms with Crippen molar-refractivity contribution >= 4 is 11.8 Å². The SMILES string of the molecule is CSCCC[C@@H](C)N. The van der Waals surface area contributed by atoms with Crippen LogP contribution in [0.3, 0.4) is 0 Å². The first-order valence-corrected chi connectivity index (χ1v) is 4.41. The molecule has 8 heavy (non-hydrogen) atoms. The van der Waals surface area contributed by atoms with E-state index in [1.54, 1.807) is 0 Å². The summed E-state index contributed by atoms with van der Waals surface area (Å²) in [6.45, 7) is 2.06. The molecule has 2 N–H and O–H groups in total. The van der Waals surface area contributed by atoms with Gasteiger partial charge in [-0.3, -0.25) is 0 Å². The molecule has 0 aromatic rings. The van der Waals surface area contributed by atoms with E-state index in [2.05, 4.69) is 13.2 Å². The van der Waals surface area contributed by atoms with E-state index in [0.29, 0.717) is 6.04 Å². The van der Waals surface area contributed by atoms with Gasteiger partial charge in [0.1, 0.15) is 0 Å². The second kappa shape index (κ2) is 5.45. The quantitative estimate of drug-likeness (QED) is 0.588. The summed E-state index contributed by atoms with van der Waals surface area (Å²) in [6.07, 6.45) is 4.56. The zero-order valence-corrected chi connectivity index (χ0v) is 6.50. The highest BCUT2D eigenvalue weighted by atomic mass is 32.2. The van der Waals surface area contributed by atoms with Crippen LogP contribution in [0.4, 0.5) is 0 Å². The van der Waals surface area contributed by atoms with Gasteiger partial charge in [-0.1, -0.05) is 0 Å². The molecule has 0 bridgehead atoms. The lowest BCUT2D eigenvalue weighted by Gasteiger charge is -2.01. The van der Waals surface area contributed by atoms with E-state index in [4.69, 9.17) is 5.73 Å². The van der Waals surface area contributed by atoms with E-state index < -0.39 is 0 Å². The lowest BCUT2D eigenvalue weighted by molar-refractivity contribution is 0.657. The summed E-state index contributed by atoms with van der Waals surface area (Å²) in [7, 11) is 0. The molecule has 0 radical (unpaired) electrons. The Kier molecular flexibility index (Phi) is 5.66. The third-order valence-electron chi connectivity index (χ3n) is 1.01. The molecule has 1 nitrogen and oxygen atoms in total. The van der Waals surface area contributed by atoms with Crippen molar-refractivity contribution in [2.45, 2.75) is 25.8 Å². The van der Waals surface area contributed by atoms with Gasteiger partial charge in [-0.25, -0.2) is 0 Å². The normalized spacial score (nSPS) is 13.9. The van der Waals surface area contributed by atoms with Crippen LogP contribution in [0.5, 0.6) is 0 Å². The maximum absolute atomic E-state index is 5.52. The van der Waals surface area contributed by atoms with E-state index >= 15 is 0 Å². The van der Waals surface area contributed by atoms with Gasteiger partial charge in [-0.2, -0.15) is 11.8 Å². The highest BCUT2D eigenvalue weighted by Gasteiger charge is 1.90. The number of thioether (sulfide) groups is 1. The summed E-state index contributed by atoms with van der Waals surface area (Å²) in [5.41, 5.74) is 5.52. The Morgan fingerprint density at radius 3 is 2.62 bits per heavy atom. The van der Waals surface area contributed by atoms with E-state index in [0.717, 1.165) is 0 Å². The molecule has 0 unspecified atom stereocenters. The van der Waals surface area contributed by atoms with Crippen molar-refractivity contribution in [1.29, 1.82) is 0 Å². The second-order valence-electron chi connectivity index (χ2n) is 2.11. The fourth-order valence-corrected chi connectivity index (χ4v) is 1.00. The number of rotatable bonds is 4. The van der Waals surface area contributed by atoms with Crippen LogP contribution in [0, 0.1) is 0 Å². The van der Waals surface area contributed by atoms with Gasteiger partial charge < -0.3 is 5.73 Å². The Labute approximate surface area is 56.0 Å². The maximum Gasteiger partial charge on any atom is 0.00107 e. The standard InChI is InChI=1S/C6H15NS/c1-6(7)4-3-5-8-2/h6H,3-5,7H2,1-2H3/t6-/m1/s1. The maximum atomic E-state index is 5.52. The van der Waals surface area contributed by atoms with Gasteiger partial charge in [0.15, 0.2) is 0 Å². The fraction of sp³-hybridized carbons (Fsp3) is 1.00. The van der Waals surface area contributed by atoms with Crippen LogP contribution in [-0.4, -0.2) is 18.1 Å². The van der Waals surface area contributed by atoms with Crippen LogP contribution in [0.15, 0.2) is 0 Å². The molecule has 50 valence electrons. The minimum Gasteiger partial charge on any atom is -0.328 e. The summed E-state index contributed by atoms with van der Waals surface area (Å²) in [4.78, 5) is 0. The van der Waals surface area contributed by atoms with Crippen LogP contribution in [-0.2, 0) is 0 Å². The molecular weight excluding hydrogens is 118 g/mol. The summed E-state index contributed by atoms with van der Waals surface area (Å²) < 4.78 is 0. The molecular formula is C6H15NS. The smallest absolute Gasteiger partial charge is 0.00107 e. The first kappa shape index (κ1) is 8.31. The lowest BCUT2D eigenvalue weighted by Crippen LogP contribution is -2.14. The first-order valence-electron chi connectivity index (χ1n) is 3.02. The lowest BCUT2D eigenvalue weighted by atomic mass is 10.2. The van der Waals surface area contributed by atoms with Gasteiger partial charge in [0.2, 0.25) is 0 Å². The highest BCUT2D eigenvalue weighted by molar-refractivity contribution is 7.98. The van der Waals surface area contributed by atoms with Gasteiger partial charge >= 0.3 is 0 Å².